The van der Waals surface area contributed by atoms with Crippen LogP contribution in [0.3, 0.4) is 0 Å². The van der Waals surface area contributed by atoms with Crippen LogP contribution >= 0.6 is 0 Å². The number of hydrogen-bond donors (Lipinski definition) is 0. The monoisotopic (exact) mass is 1200 g/mol. The molecule has 0 amide bonds. The third-order valence-electron chi connectivity index (χ3n) is 20.3. The van der Waals surface area contributed by atoms with Crippen LogP contribution in [-0.4, -0.2) is 116 Å². The Morgan fingerprint density at radius 1 is 0.738 bits per heavy atom. The SMILES string of the molecule is C=C1CCCC(=O)[C@@]2(C[C@H](C)[C@@H](C)COCc3ccccc3)CCC(COCOC)=C[C@@H]2[C@@H]2O[C@H](c3ccccc3)O[C@@H]([C@H]2OCOCC[Si](C)(C)C)[C@H](C)CC(=O)C[C@H]2CCC[C@@]3(CC[C@@]4(O[C@@H](CC[C@@]4(C)O[Si](CC)(CC)CC)C1)O3)O2. The fourth-order valence-electron chi connectivity index (χ4n) is 14.7. The second-order valence-electron chi connectivity index (χ2n) is 27.7. The van der Waals surface area contributed by atoms with Crippen LogP contribution in [0, 0.1) is 29.1 Å². The van der Waals surface area contributed by atoms with Gasteiger partial charge in [-0.15, -0.1) is 0 Å². The fourth-order valence-corrected chi connectivity index (χ4v) is 18.6. The molecule has 0 N–H and O–H groups in total. The molecule has 0 saturated carbocycles. The summed E-state index contributed by atoms with van der Waals surface area (Å²) in [4.78, 5) is 31.2. The zero-order valence-corrected chi connectivity index (χ0v) is 55.5. The van der Waals surface area contributed by atoms with Crippen molar-refractivity contribution in [2.75, 3.05) is 40.5 Å². The van der Waals surface area contributed by atoms with Gasteiger partial charge in [0.1, 0.15) is 36.9 Å². The first-order valence-corrected chi connectivity index (χ1v) is 38.9. The first kappa shape index (κ1) is 67.2. The molecule has 15 heteroatoms. The topological polar surface area (TPSA) is 136 Å². The number of Topliss-reactive ketones (excluding diaryl/α,β-unsaturated/α-hetero) is 2. The lowest BCUT2D eigenvalue weighted by Crippen LogP contribution is -2.65. The molecule has 84 heavy (non-hydrogen) atoms. The predicted octanol–water partition coefficient (Wildman–Crippen LogP) is 15.4. The van der Waals surface area contributed by atoms with Crippen LogP contribution in [0.1, 0.15) is 169 Å². The van der Waals surface area contributed by atoms with E-state index in [-0.39, 0.29) is 68.0 Å². The second-order valence-corrected chi connectivity index (χ2v) is 38.1. The zero-order valence-electron chi connectivity index (χ0n) is 53.5. The summed E-state index contributed by atoms with van der Waals surface area (Å²) >= 11 is 0. The van der Waals surface area contributed by atoms with Crippen molar-refractivity contribution in [3.63, 3.8) is 0 Å². The molecule has 6 bridgehead atoms. The maximum Gasteiger partial charge on any atom is 0.199 e. The van der Waals surface area contributed by atoms with Crippen molar-refractivity contribution in [2.24, 2.45) is 29.1 Å². The van der Waals surface area contributed by atoms with Crippen molar-refractivity contribution in [1.29, 1.82) is 0 Å². The summed E-state index contributed by atoms with van der Waals surface area (Å²) in [5.74, 6) is -2.22. The molecule has 2 spiro atoms. The van der Waals surface area contributed by atoms with Crippen molar-refractivity contribution in [3.8, 4) is 0 Å². The van der Waals surface area contributed by atoms with Crippen LogP contribution in [0.15, 0.2) is 84.5 Å². The molecule has 5 fully saturated rings. The number of ether oxygens (including phenoxy) is 10. The lowest BCUT2D eigenvalue weighted by Gasteiger charge is -2.55. The van der Waals surface area contributed by atoms with Gasteiger partial charge in [0.25, 0.3) is 0 Å². The molecule has 8 rings (SSSR count). The molecule has 14 atom stereocenters. The molecular weight excluding hydrogens is 1090 g/mol. The molecule has 2 aromatic rings. The van der Waals surface area contributed by atoms with E-state index in [0.717, 1.165) is 78.6 Å². The summed E-state index contributed by atoms with van der Waals surface area (Å²) < 4.78 is 75.8. The molecule has 5 aliphatic heterocycles. The third kappa shape index (κ3) is 16.7. The van der Waals surface area contributed by atoms with Crippen LogP contribution in [-0.2, 0) is 68.0 Å². The Morgan fingerprint density at radius 3 is 2.17 bits per heavy atom. The molecule has 13 nitrogen and oxygen atoms in total. The summed E-state index contributed by atoms with van der Waals surface area (Å²) in [6.45, 7) is 29.6. The van der Waals surface area contributed by atoms with Gasteiger partial charge >= 0.3 is 0 Å². The van der Waals surface area contributed by atoms with Crippen molar-refractivity contribution in [2.45, 2.75) is 256 Å². The van der Waals surface area contributed by atoms with E-state index in [1.54, 1.807) is 7.11 Å². The number of rotatable bonds is 23. The Hall–Kier alpha value is -2.75. The molecule has 5 heterocycles. The maximum atomic E-state index is 16.3. The molecule has 0 unspecified atom stereocenters. The Bertz CT molecular complexity index is 2420. The molecule has 5 saturated heterocycles. The van der Waals surface area contributed by atoms with E-state index in [0.29, 0.717) is 84.2 Å². The van der Waals surface area contributed by atoms with E-state index in [1.165, 1.54) is 0 Å². The summed E-state index contributed by atoms with van der Waals surface area (Å²) in [6, 6.07) is 24.4. The smallest absolute Gasteiger partial charge is 0.199 e. The second kappa shape index (κ2) is 30.2. The lowest BCUT2D eigenvalue weighted by atomic mass is 9.57. The number of benzene rings is 2. The normalized spacial score (nSPS) is 33.8. The summed E-state index contributed by atoms with van der Waals surface area (Å²) in [6.07, 6.45) is 8.91. The Labute approximate surface area is 507 Å². The summed E-state index contributed by atoms with van der Waals surface area (Å²) in [7, 11) is -1.95. The van der Waals surface area contributed by atoms with Crippen LogP contribution in [0.5, 0.6) is 0 Å². The number of carbonyl (C=O) groups is 2. The van der Waals surface area contributed by atoms with Gasteiger partial charge in [-0.1, -0.05) is 140 Å². The van der Waals surface area contributed by atoms with Gasteiger partial charge < -0.3 is 51.8 Å². The molecule has 6 aliphatic rings. The van der Waals surface area contributed by atoms with Crippen LogP contribution < -0.4 is 0 Å². The molecular formula is C69H108O13Si2. The highest BCUT2D eigenvalue weighted by atomic mass is 28.4. The van der Waals surface area contributed by atoms with Gasteiger partial charge in [-0.25, -0.2) is 0 Å². The minimum Gasteiger partial charge on any atom is -0.406 e. The highest BCUT2D eigenvalue weighted by molar-refractivity contribution is 6.76. The zero-order chi connectivity index (χ0) is 60.2. The molecule has 1 aliphatic carbocycles. The fraction of sp³-hybridized carbons (Fsp3) is 0.739. The Morgan fingerprint density at radius 2 is 1.45 bits per heavy atom. The van der Waals surface area contributed by atoms with E-state index < -0.39 is 69.5 Å². The van der Waals surface area contributed by atoms with Gasteiger partial charge in [-0.3, -0.25) is 9.59 Å². The van der Waals surface area contributed by atoms with Crippen LogP contribution in [0.4, 0.5) is 0 Å². The molecule has 0 radical (unpaired) electrons. The van der Waals surface area contributed by atoms with E-state index in [2.05, 4.69) is 86.3 Å². The van der Waals surface area contributed by atoms with Crippen molar-refractivity contribution in [3.05, 3.63) is 95.6 Å². The highest BCUT2D eigenvalue weighted by Gasteiger charge is 2.65. The van der Waals surface area contributed by atoms with Crippen molar-refractivity contribution in [1.82, 2.24) is 0 Å². The maximum absolute atomic E-state index is 16.3. The minimum atomic E-state index is -2.14. The highest BCUT2D eigenvalue weighted by Crippen LogP contribution is 2.57. The Kier molecular flexibility index (Phi) is 24.1. The van der Waals surface area contributed by atoms with E-state index in [4.69, 9.17) is 58.4 Å². The van der Waals surface area contributed by atoms with E-state index in [1.807, 2.05) is 48.5 Å². The van der Waals surface area contributed by atoms with Crippen LogP contribution in [0.25, 0.3) is 0 Å². The third-order valence-corrected chi connectivity index (χ3v) is 26.7. The van der Waals surface area contributed by atoms with E-state index >= 15 is 4.79 Å². The first-order valence-electron chi connectivity index (χ1n) is 32.6. The number of fused-ring (bicyclic) bond motifs is 6. The van der Waals surface area contributed by atoms with Gasteiger partial charge in [-0.05, 0) is 124 Å². The number of hydrogen-bond acceptors (Lipinski definition) is 13. The van der Waals surface area contributed by atoms with Crippen LogP contribution in [0.2, 0.25) is 43.8 Å². The number of methoxy groups -OCH3 is 1. The Balaban J connectivity index is 1.20. The summed E-state index contributed by atoms with van der Waals surface area (Å²) in [5, 5.41) is 0. The van der Waals surface area contributed by atoms with Crippen molar-refractivity contribution < 1.29 is 61.4 Å². The van der Waals surface area contributed by atoms with Gasteiger partial charge in [-0.2, -0.15) is 0 Å². The standard InChI is InChI=1S/C69H108O13Si2/c1-13-84(14-2,15-3)82-66(8)34-32-59-40-50(4)24-22-30-61(71)67(44-52(6)53(7)45-74-46-54-25-18-16-19-26-54)35-31-55(47-75-48-72-9)42-60(67)63-64(76-49-73-38-39-83(10,11)12)62(77-65(78-63)56-27-20-17-21-28-56)51(5)41-57(70)43-58-29-23-33-68(79-58)36-37-69(66,80-59)81-68/h16-21,25-28,42,51-53,58-60,62-65H,4,13-15,22-24,29-41,43-49H2,1-3,5-12H3/t51-,52+,53+,58-,59+,60-,62-,63+,64-,65-,66-,67-,68-,69-/m1/s1. The van der Waals surface area contributed by atoms with Gasteiger partial charge in [0.2, 0.25) is 0 Å². The van der Waals surface area contributed by atoms with Gasteiger partial charge in [0, 0.05) is 83.8 Å². The molecule has 470 valence electrons. The first-order chi connectivity index (χ1) is 40.2. The number of ketones is 2. The van der Waals surface area contributed by atoms with Crippen molar-refractivity contribution >= 4 is 28.0 Å². The largest absolute Gasteiger partial charge is 0.406 e. The van der Waals surface area contributed by atoms with E-state index in [9.17, 15) is 4.79 Å². The van der Waals surface area contributed by atoms with Gasteiger partial charge in [0.05, 0.1) is 37.6 Å². The molecule has 2 aromatic carbocycles. The summed E-state index contributed by atoms with van der Waals surface area (Å²) in [5.41, 5.74) is 2.55. The quantitative estimate of drug-likeness (QED) is 0.0452. The number of carbonyl (C=O) groups excluding carboxylic acids is 2. The lowest BCUT2D eigenvalue weighted by molar-refractivity contribution is -0.397. The minimum absolute atomic E-state index is 0.00775. The predicted molar refractivity (Wildman–Crippen MR) is 334 cm³/mol. The average molecular weight is 1200 g/mol. The average Bonchev–Trinajstić information content (AvgIpc) is 2.20. The molecule has 0 aromatic heterocycles. The van der Waals surface area contributed by atoms with Gasteiger partial charge in [0.15, 0.2) is 26.2 Å².